The molecular formula is C9H16ClN3O. The van der Waals surface area contributed by atoms with E-state index in [1.165, 1.54) is 0 Å². The number of alkyl halides is 1. The predicted molar refractivity (Wildman–Crippen MR) is 55.4 cm³/mol. The van der Waals surface area contributed by atoms with Crippen LogP contribution in [0.1, 0.15) is 44.3 Å². The highest BCUT2D eigenvalue weighted by atomic mass is 35.5. The van der Waals surface area contributed by atoms with Crippen molar-refractivity contribution in [1.29, 1.82) is 0 Å². The van der Waals surface area contributed by atoms with E-state index < -0.39 is 0 Å². The number of methoxy groups -OCH3 is 1. The summed E-state index contributed by atoms with van der Waals surface area (Å²) in [5.74, 6) is 0.371. The van der Waals surface area contributed by atoms with E-state index in [1.54, 1.807) is 7.11 Å². The monoisotopic (exact) mass is 217 g/mol. The molecule has 1 unspecified atom stereocenters. The van der Waals surface area contributed by atoms with Crippen LogP contribution in [0.2, 0.25) is 0 Å². The van der Waals surface area contributed by atoms with Gasteiger partial charge in [-0.1, -0.05) is 5.21 Å². The first kappa shape index (κ1) is 11.5. The van der Waals surface area contributed by atoms with Gasteiger partial charge in [-0.05, 0) is 20.8 Å². The molecule has 5 heteroatoms. The van der Waals surface area contributed by atoms with Crippen molar-refractivity contribution in [2.24, 2.45) is 0 Å². The molecule has 80 valence electrons. The van der Waals surface area contributed by atoms with Crippen molar-refractivity contribution in [1.82, 2.24) is 15.0 Å². The second-order valence-corrected chi connectivity index (χ2v) is 3.74. The number of aromatic nitrogens is 3. The lowest BCUT2D eigenvalue weighted by Crippen LogP contribution is -2.12. The van der Waals surface area contributed by atoms with Crippen molar-refractivity contribution < 1.29 is 4.74 Å². The van der Waals surface area contributed by atoms with E-state index in [4.69, 9.17) is 16.3 Å². The Bertz CT molecular complexity index is 298. The molecule has 0 saturated heterocycles. The predicted octanol–water partition coefficient (Wildman–Crippen LogP) is 2.31. The quantitative estimate of drug-likeness (QED) is 0.727. The molecule has 0 N–H and O–H groups in total. The molecule has 0 saturated carbocycles. The average molecular weight is 218 g/mol. The Morgan fingerprint density at radius 1 is 1.43 bits per heavy atom. The Labute approximate surface area is 89.2 Å². The maximum absolute atomic E-state index is 5.78. The standard InChI is InChI=1S/C9H16ClN3O/c1-6(2)13-9(7(3)14-4)8(5-10)11-12-13/h6-7H,5H2,1-4H3. The summed E-state index contributed by atoms with van der Waals surface area (Å²) in [4.78, 5) is 0. The molecule has 1 heterocycles. The van der Waals surface area contributed by atoms with Gasteiger partial charge in [0.05, 0.1) is 17.7 Å². The summed E-state index contributed by atoms with van der Waals surface area (Å²) in [5.41, 5.74) is 1.77. The molecule has 0 fully saturated rings. The summed E-state index contributed by atoms with van der Waals surface area (Å²) in [5, 5.41) is 8.08. The fourth-order valence-corrected chi connectivity index (χ4v) is 1.53. The Hall–Kier alpha value is -0.610. The third kappa shape index (κ3) is 2.07. The van der Waals surface area contributed by atoms with Crippen LogP contribution < -0.4 is 0 Å². The zero-order valence-electron chi connectivity index (χ0n) is 8.99. The van der Waals surface area contributed by atoms with E-state index in [1.807, 2.05) is 11.6 Å². The third-order valence-corrected chi connectivity index (χ3v) is 2.41. The molecule has 0 aliphatic rings. The zero-order valence-corrected chi connectivity index (χ0v) is 9.75. The van der Waals surface area contributed by atoms with Gasteiger partial charge in [0.25, 0.3) is 0 Å². The van der Waals surface area contributed by atoms with Crippen molar-refractivity contribution >= 4 is 11.6 Å². The average Bonchev–Trinajstić information content (AvgIpc) is 2.59. The molecule has 0 bridgehead atoms. The normalized spacial score (nSPS) is 13.6. The van der Waals surface area contributed by atoms with Crippen molar-refractivity contribution in [3.8, 4) is 0 Å². The largest absolute Gasteiger partial charge is 0.375 e. The number of hydrogen-bond acceptors (Lipinski definition) is 3. The van der Waals surface area contributed by atoms with E-state index in [2.05, 4.69) is 24.2 Å². The molecule has 1 aromatic rings. The first-order chi connectivity index (χ1) is 6.61. The first-order valence-electron chi connectivity index (χ1n) is 4.64. The fraction of sp³-hybridized carbons (Fsp3) is 0.778. The number of hydrogen-bond donors (Lipinski definition) is 0. The van der Waals surface area contributed by atoms with E-state index in [0.717, 1.165) is 11.4 Å². The molecule has 0 radical (unpaired) electrons. The Kier molecular flexibility index (Phi) is 3.89. The van der Waals surface area contributed by atoms with Crippen LogP contribution in [-0.4, -0.2) is 22.1 Å². The van der Waals surface area contributed by atoms with E-state index >= 15 is 0 Å². The van der Waals surface area contributed by atoms with Gasteiger partial charge in [0, 0.05) is 13.2 Å². The Morgan fingerprint density at radius 2 is 2.07 bits per heavy atom. The number of nitrogens with zero attached hydrogens (tertiary/aromatic N) is 3. The van der Waals surface area contributed by atoms with Crippen LogP contribution in [0.25, 0.3) is 0 Å². The topological polar surface area (TPSA) is 39.9 Å². The second-order valence-electron chi connectivity index (χ2n) is 3.47. The summed E-state index contributed by atoms with van der Waals surface area (Å²) in [6, 6.07) is 0.270. The molecule has 0 aromatic carbocycles. The minimum atomic E-state index is -0.0267. The van der Waals surface area contributed by atoms with Crippen LogP contribution in [0.5, 0.6) is 0 Å². The summed E-state index contributed by atoms with van der Waals surface area (Å²) < 4.78 is 7.12. The molecule has 1 atom stereocenters. The van der Waals surface area contributed by atoms with Crippen LogP contribution in [0, 0.1) is 0 Å². The van der Waals surface area contributed by atoms with Crippen LogP contribution in [0.3, 0.4) is 0 Å². The van der Waals surface area contributed by atoms with Gasteiger partial charge >= 0.3 is 0 Å². The van der Waals surface area contributed by atoms with Gasteiger partial charge in [0.15, 0.2) is 0 Å². The van der Waals surface area contributed by atoms with Crippen molar-refractivity contribution in [2.45, 2.75) is 38.8 Å². The Balaban J connectivity index is 3.12. The maximum Gasteiger partial charge on any atom is 0.103 e. The van der Waals surface area contributed by atoms with Gasteiger partial charge < -0.3 is 4.74 Å². The lowest BCUT2D eigenvalue weighted by molar-refractivity contribution is 0.109. The number of rotatable bonds is 4. The molecule has 0 amide bonds. The summed E-state index contributed by atoms with van der Waals surface area (Å²) in [6.45, 7) is 6.07. The van der Waals surface area contributed by atoms with E-state index in [-0.39, 0.29) is 12.1 Å². The van der Waals surface area contributed by atoms with Gasteiger partial charge in [-0.3, -0.25) is 0 Å². The molecule has 0 aliphatic carbocycles. The van der Waals surface area contributed by atoms with Crippen molar-refractivity contribution in [2.75, 3.05) is 7.11 Å². The maximum atomic E-state index is 5.78. The van der Waals surface area contributed by atoms with Crippen LogP contribution in [0.15, 0.2) is 0 Å². The van der Waals surface area contributed by atoms with Gasteiger partial charge in [-0.2, -0.15) is 0 Å². The number of ether oxygens (including phenoxy) is 1. The molecular weight excluding hydrogens is 202 g/mol. The molecule has 1 aromatic heterocycles. The highest BCUT2D eigenvalue weighted by Crippen LogP contribution is 2.22. The molecule has 1 rings (SSSR count). The second kappa shape index (κ2) is 4.75. The summed E-state index contributed by atoms with van der Waals surface area (Å²) in [6.07, 6.45) is -0.0267. The zero-order chi connectivity index (χ0) is 10.7. The fourth-order valence-electron chi connectivity index (χ4n) is 1.34. The van der Waals surface area contributed by atoms with E-state index in [0.29, 0.717) is 5.88 Å². The highest BCUT2D eigenvalue weighted by Gasteiger charge is 2.19. The van der Waals surface area contributed by atoms with Crippen molar-refractivity contribution in [3.05, 3.63) is 11.4 Å². The third-order valence-electron chi connectivity index (χ3n) is 2.16. The lowest BCUT2D eigenvalue weighted by atomic mass is 10.2. The van der Waals surface area contributed by atoms with Gasteiger partial charge in [-0.25, -0.2) is 4.68 Å². The molecule has 14 heavy (non-hydrogen) atoms. The highest BCUT2D eigenvalue weighted by molar-refractivity contribution is 6.16. The van der Waals surface area contributed by atoms with Gasteiger partial charge in [-0.15, -0.1) is 16.7 Å². The number of halogens is 1. The van der Waals surface area contributed by atoms with E-state index in [9.17, 15) is 0 Å². The SMILES string of the molecule is COC(C)c1c(CCl)nnn1C(C)C. The smallest absolute Gasteiger partial charge is 0.103 e. The van der Waals surface area contributed by atoms with Gasteiger partial charge in [0.2, 0.25) is 0 Å². The van der Waals surface area contributed by atoms with Crippen LogP contribution in [-0.2, 0) is 10.6 Å². The summed E-state index contributed by atoms with van der Waals surface area (Å²) >= 11 is 5.78. The summed E-state index contributed by atoms with van der Waals surface area (Å²) in [7, 11) is 1.67. The van der Waals surface area contributed by atoms with Crippen molar-refractivity contribution in [3.63, 3.8) is 0 Å². The minimum absolute atomic E-state index is 0.0267. The first-order valence-corrected chi connectivity index (χ1v) is 5.18. The lowest BCUT2D eigenvalue weighted by Gasteiger charge is -2.15. The minimum Gasteiger partial charge on any atom is -0.375 e. The van der Waals surface area contributed by atoms with Gasteiger partial charge in [0.1, 0.15) is 5.69 Å². The van der Waals surface area contributed by atoms with Crippen LogP contribution in [0.4, 0.5) is 0 Å². The molecule has 0 spiro atoms. The molecule has 4 nitrogen and oxygen atoms in total. The van der Waals surface area contributed by atoms with Crippen LogP contribution >= 0.6 is 11.6 Å². The Morgan fingerprint density at radius 3 is 2.50 bits per heavy atom. The molecule has 0 aliphatic heterocycles.